The minimum Gasteiger partial charge on any atom is -0.480 e. The molecule has 0 spiro atoms. The van der Waals surface area contributed by atoms with Crippen LogP contribution >= 0.6 is 22.9 Å². The molecule has 1 N–H and O–H groups in total. The maximum absolute atomic E-state index is 12.4. The molecule has 1 amide bonds. The van der Waals surface area contributed by atoms with Gasteiger partial charge in [0.1, 0.15) is 10.8 Å². The predicted octanol–water partition coefficient (Wildman–Crippen LogP) is 3.72. The first-order valence-electron chi connectivity index (χ1n) is 7.79. The normalized spacial score (nSPS) is 15.5. The molecule has 2 heterocycles. The Hall–Kier alpha value is -2.44. The third-order valence-corrected chi connectivity index (χ3v) is 4.96. The summed E-state index contributed by atoms with van der Waals surface area (Å²) in [5, 5.41) is 12.9. The maximum Gasteiger partial charge on any atom is 0.267 e. The lowest BCUT2D eigenvalue weighted by molar-refractivity contribution is -0.122. The van der Waals surface area contributed by atoms with Gasteiger partial charge in [-0.2, -0.15) is 0 Å². The third kappa shape index (κ3) is 3.65. The second kappa shape index (κ2) is 6.82. The maximum atomic E-state index is 12.4. The predicted molar refractivity (Wildman–Crippen MR) is 97.4 cm³/mol. The van der Waals surface area contributed by atoms with E-state index in [4.69, 9.17) is 16.3 Å². The fraction of sp³-hybridized carbons (Fsp3) is 0.167. The topological polar surface area (TPSA) is 64.1 Å². The van der Waals surface area contributed by atoms with Crippen molar-refractivity contribution in [1.82, 2.24) is 10.2 Å². The average Bonchev–Trinajstić information content (AvgIpc) is 3.22. The Morgan fingerprint density at radius 3 is 2.92 bits per heavy atom. The molecule has 0 radical (unpaired) electrons. The van der Waals surface area contributed by atoms with Gasteiger partial charge in [0.15, 0.2) is 6.10 Å². The van der Waals surface area contributed by atoms with E-state index in [9.17, 15) is 4.79 Å². The van der Waals surface area contributed by atoms with Gasteiger partial charge < -0.3 is 4.74 Å². The Morgan fingerprint density at radius 2 is 2.08 bits per heavy atom. The summed E-state index contributed by atoms with van der Waals surface area (Å²) in [6.07, 6.45) is 0.616. The van der Waals surface area contributed by atoms with Crippen LogP contribution in [0.2, 0.25) is 5.02 Å². The van der Waals surface area contributed by atoms with E-state index in [1.807, 2.05) is 36.4 Å². The molecule has 0 saturated carbocycles. The molecule has 2 aromatic carbocycles. The summed E-state index contributed by atoms with van der Waals surface area (Å²) in [6.45, 7) is 0. The van der Waals surface area contributed by atoms with Crippen molar-refractivity contribution >= 4 is 34.0 Å². The molecule has 5 nitrogen and oxygen atoms in total. The highest BCUT2D eigenvalue weighted by Gasteiger charge is 2.29. The molecule has 25 heavy (non-hydrogen) atoms. The number of carbonyl (C=O) groups is 1. The van der Waals surface area contributed by atoms with E-state index in [0.29, 0.717) is 28.7 Å². The second-order valence-corrected chi connectivity index (χ2v) is 7.21. The summed E-state index contributed by atoms with van der Waals surface area (Å²) in [7, 11) is 0. The fourth-order valence-electron chi connectivity index (χ4n) is 2.70. The van der Waals surface area contributed by atoms with Crippen molar-refractivity contribution in [2.75, 3.05) is 5.32 Å². The number of nitrogens with one attached hydrogen (secondary N) is 1. The molecular formula is C18H14ClN3O2S. The average molecular weight is 372 g/mol. The van der Waals surface area contributed by atoms with Gasteiger partial charge in [-0.25, -0.2) is 0 Å². The van der Waals surface area contributed by atoms with E-state index >= 15 is 0 Å². The number of fused-ring (bicyclic) bond motifs is 1. The molecule has 126 valence electrons. The summed E-state index contributed by atoms with van der Waals surface area (Å²) >= 11 is 7.35. The molecule has 1 atom stereocenters. The first kappa shape index (κ1) is 16.1. The Bertz CT molecular complexity index is 914. The van der Waals surface area contributed by atoms with Gasteiger partial charge in [-0.3, -0.25) is 10.1 Å². The molecule has 3 aromatic rings. The Balaban J connectivity index is 1.39. The van der Waals surface area contributed by atoms with E-state index in [0.717, 1.165) is 16.1 Å². The molecule has 1 aliphatic heterocycles. The van der Waals surface area contributed by atoms with Crippen molar-refractivity contribution in [3.63, 3.8) is 0 Å². The molecular weight excluding hydrogens is 358 g/mol. The number of halogens is 1. The zero-order valence-electron chi connectivity index (χ0n) is 13.1. The summed E-state index contributed by atoms with van der Waals surface area (Å²) < 4.78 is 5.68. The quantitative estimate of drug-likeness (QED) is 0.759. The monoisotopic (exact) mass is 371 g/mol. The van der Waals surface area contributed by atoms with Gasteiger partial charge in [0.05, 0.1) is 0 Å². The largest absolute Gasteiger partial charge is 0.480 e. The van der Waals surface area contributed by atoms with E-state index in [-0.39, 0.29) is 5.91 Å². The SMILES string of the molecule is O=C(Nc1nnc(Cc2ccccc2)s1)C1Cc2cc(Cl)ccc2O1. The minimum atomic E-state index is -0.574. The van der Waals surface area contributed by atoms with Crippen LogP contribution in [0.15, 0.2) is 48.5 Å². The number of hydrogen-bond donors (Lipinski definition) is 1. The summed E-state index contributed by atoms with van der Waals surface area (Å²) in [6, 6.07) is 15.4. The van der Waals surface area contributed by atoms with E-state index in [2.05, 4.69) is 15.5 Å². The molecule has 0 bridgehead atoms. The van der Waals surface area contributed by atoms with Gasteiger partial charge in [0, 0.05) is 17.9 Å². The number of ether oxygens (including phenoxy) is 1. The fourth-order valence-corrected chi connectivity index (χ4v) is 3.67. The highest BCUT2D eigenvalue weighted by molar-refractivity contribution is 7.15. The second-order valence-electron chi connectivity index (χ2n) is 5.72. The van der Waals surface area contributed by atoms with Crippen LogP contribution in [-0.4, -0.2) is 22.2 Å². The first-order valence-corrected chi connectivity index (χ1v) is 8.99. The van der Waals surface area contributed by atoms with E-state index in [1.165, 1.54) is 11.3 Å². The van der Waals surface area contributed by atoms with Crippen molar-refractivity contribution in [2.45, 2.75) is 18.9 Å². The molecule has 7 heteroatoms. The van der Waals surface area contributed by atoms with Crippen molar-refractivity contribution in [3.05, 3.63) is 69.7 Å². The van der Waals surface area contributed by atoms with Crippen LogP contribution in [-0.2, 0) is 17.6 Å². The van der Waals surface area contributed by atoms with Gasteiger partial charge in [-0.15, -0.1) is 10.2 Å². The highest BCUT2D eigenvalue weighted by atomic mass is 35.5. The van der Waals surface area contributed by atoms with Crippen LogP contribution in [0.3, 0.4) is 0 Å². The lowest BCUT2D eigenvalue weighted by atomic mass is 10.1. The van der Waals surface area contributed by atoms with Gasteiger partial charge in [0.2, 0.25) is 5.13 Å². The molecule has 1 aliphatic rings. The molecule has 4 rings (SSSR count). The number of amides is 1. The van der Waals surface area contributed by atoms with Crippen molar-refractivity contribution in [3.8, 4) is 5.75 Å². The smallest absolute Gasteiger partial charge is 0.267 e. The summed E-state index contributed by atoms with van der Waals surface area (Å²) in [5.74, 6) is 0.473. The van der Waals surface area contributed by atoms with Crippen molar-refractivity contribution in [2.24, 2.45) is 0 Å². The Kier molecular flexibility index (Phi) is 4.38. The number of hydrogen-bond acceptors (Lipinski definition) is 5. The van der Waals surface area contributed by atoms with Crippen LogP contribution < -0.4 is 10.1 Å². The lowest BCUT2D eigenvalue weighted by Crippen LogP contribution is -2.31. The molecule has 1 unspecified atom stereocenters. The van der Waals surface area contributed by atoms with Crippen LogP contribution in [0.1, 0.15) is 16.1 Å². The third-order valence-electron chi connectivity index (χ3n) is 3.88. The van der Waals surface area contributed by atoms with Crippen LogP contribution in [0.25, 0.3) is 0 Å². The van der Waals surface area contributed by atoms with E-state index in [1.54, 1.807) is 12.1 Å². The molecule has 1 aromatic heterocycles. The summed E-state index contributed by atoms with van der Waals surface area (Å²) in [5.41, 5.74) is 2.10. The van der Waals surface area contributed by atoms with Gasteiger partial charge in [0.25, 0.3) is 5.91 Å². The highest BCUT2D eigenvalue weighted by Crippen LogP contribution is 2.31. The van der Waals surface area contributed by atoms with Crippen molar-refractivity contribution in [1.29, 1.82) is 0 Å². The number of nitrogens with zero attached hydrogens (tertiary/aromatic N) is 2. The minimum absolute atomic E-state index is 0.227. The van der Waals surface area contributed by atoms with Crippen LogP contribution in [0, 0.1) is 0 Å². The zero-order valence-corrected chi connectivity index (χ0v) is 14.7. The van der Waals surface area contributed by atoms with Gasteiger partial charge in [-0.05, 0) is 29.3 Å². The van der Waals surface area contributed by atoms with E-state index < -0.39 is 6.10 Å². The Morgan fingerprint density at radius 1 is 1.24 bits per heavy atom. The number of benzene rings is 2. The number of aromatic nitrogens is 2. The number of rotatable bonds is 4. The molecule has 0 fully saturated rings. The molecule has 0 aliphatic carbocycles. The zero-order chi connectivity index (χ0) is 17.2. The lowest BCUT2D eigenvalue weighted by Gasteiger charge is -2.08. The molecule has 0 saturated heterocycles. The van der Waals surface area contributed by atoms with Gasteiger partial charge >= 0.3 is 0 Å². The number of carbonyl (C=O) groups excluding carboxylic acids is 1. The Labute approximate surface area is 153 Å². The number of anilines is 1. The van der Waals surface area contributed by atoms with Crippen LogP contribution in [0.5, 0.6) is 5.75 Å². The first-order chi connectivity index (χ1) is 12.2. The van der Waals surface area contributed by atoms with Crippen LogP contribution in [0.4, 0.5) is 5.13 Å². The standard InChI is InChI=1S/C18H14ClN3O2S/c19-13-6-7-14-12(9-13)10-15(24-14)17(23)20-18-22-21-16(25-18)8-11-4-2-1-3-5-11/h1-7,9,15H,8,10H2,(H,20,22,23). The van der Waals surface area contributed by atoms with Gasteiger partial charge in [-0.1, -0.05) is 53.3 Å². The van der Waals surface area contributed by atoms with Crippen molar-refractivity contribution < 1.29 is 9.53 Å². The summed E-state index contributed by atoms with van der Waals surface area (Å²) in [4.78, 5) is 12.4.